The first-order chi connectivity index (χ1) is 21.1. The van der Waals surface area contributed by atoms with Gasteiger partial charge in [0.1, 0.15) is 18.1 Å². The Morgan fingerprint density at radius 2 is 1.20 bits per heavy atom. The molecule has 14 heteroatoms. The number of amides is 4. The Morgan fingerprint density at radius 1 is 0.750 bits per heavy atom. The number of nitrogens with one attached hydrogen (secondary N) is 5. The van der Waals surface area contributed by atoms with Gasteiger partial charge in [-0.3, -0.25) is 19.2 Å². The molecule has 4 amide bonds. The van der Waals surface area contributed by atoms with E-state index in [1.807, 2.05) is 48.5 Å². The lowest BCUT2D eigenvalue weighted by molar-refractivity contribution is -0.141. The number of primary amides is 1. The third-order valence-corrected chi connectivity index (χ3v) is 7.66. The quantitative estimate of drug-likeness (QED) is 0.0853. The third-order valence-electron chi connectivity index (χ3n) is 7.30. The van der Waals surface area contributed by atoms with E-state index in [9.17, 15) is 29.1 Å². The van der Waals surface area contributed by atoms with E-state index in [0.717, 1.165) is 27.4 Å². The summed E-state index contributed by atoms with van der Waals surface area (Å²) in [6.07, 6.45) is 3.37. The summed E-state index contributed by atoms with van der Waals surface area (Å²) in [5.74, 6) is -4.17. The zero-order valence-corrected chi connectivity index (χ0v) is 24.6. The number of aromatic amines is 2. The minimum Gasteiger partial charge on any atom is -0.480 e. The van der Waals surface area contributed by atoms with Gasteiger partial charge in [-0.05, 0) is 29.7 Å². The fourth-order valence-corrected chi connectivity index (χ4v) is 5.14. The summed E-state index contributed by atoms with van der Waals surface area (Å²) in [5, 5.41) is 19.0. The van der Waals surface area contributed by atoms with Crippen molar-refractivity contribution in [2.45, 2.75) is 49.9 Å². The van der Waals surface area contributed by atoms with Crippen LogP contribution in [0.5, 0.6) is 0 Å². The molecule has 4 rings (SSSR count). The minimum absolute atomic E-state index is 0.0194. The van der Waals surface area contributed by atoms with Crippen LogP contribution in [0.3, 0.4) is 0 Å². The predicted octanol–water partition coefficient (Wildman–Crippen LogP) is 0.496. The number of rotatable bonds is 15. The van der Waals surface area contributed by atoms with Gasteiger partial charge in [-0.25, -0.2) is 4.79 Å². The van der Waals surface area contributed by atoms with Gasteiger partial charge in [-0.2, -0.15) is 12.6 Å². The molecule has 44 heavy (non-hydrogen) atoms. The Labute approximate surface area is 257 Å². The molecule has 0 saturated carbocycles. The second-order valence-corrected chi connectivity index (χ2v) is 10.8. The Hall–Kier alpha value is -4.82. The molecule has 0 fully saturated rings. The van der Waals surface area contributed by atoms with Crippen LogP contribution >= 0.6 is 12.6 Å². The normalized spacial score (nSPS) is 14.0. The van der Waals surface area contributed by atoms with Gasteiger partial charge in [0.2, 0.25) is 23.6 Å². The largest absolute Gasteiger partial charge is 0.480 e. The monoisotopic (exact) mass is 621 g/mol. The van der Waals surface area contributed by atoms with Gasteiger partial charge in [-0.1, -0.05) is 36.4 Å². The number of carbonyl (C=O) groups excluding carboxylic acids is 4. The van der Waals surface area contributed by atoms with Gasteiger partial charge in [0.05, 0.1) is 6.04 Å². The van der Waals surface area contributed by atoms with Crippen LogP contribution in [0.1, 0.15) is 24.0 Å². The Morgan fingerprint density at radius 3 is 1.66 bits per heavy atom. The fraction of sp³-hybridized carbons (Fsp3) is 0.300. The molecule has 4 atom stereocenters. The van der Waals surface area contributed by atoms with Crippen molar-refractivity contribution in [1.29, 1.82) is 0 Å². The molecule has 4 unspecified atom stereocenters. The third kappa shape index (κ3) is 7.96. The standard InChI is InChI=1S/C30H35N7O6S/c31-20(9-10-26(32)38)27(39)35-23(11-16-13-33-21-7-3-1-5-18(16)21)28(40)36-24(29(41)37-25(15-44)30(42)43)12-17-14-34-22-8-4-2-6-19(17)22/h1-8,13-14,20,23-25,33-34,44H,9-12,15,31H2,(H2,32,38)(H,35,39)(H,36,40)(H,37,41)(H,42,43). The number of fused-ring (bicyclic) bond motifs is 2. The molecule has 0 aliphatic heterocycles. The molecular formula is C30H35N7O6S. The predicted molar refractivity (Wildman–Crippen MR) is 168 cm³/mol. The number of nitrogens with two attached hydrogens (primary N) is 2. The minimum atomic E-state index is -1.29. The summed E-state index contributed by atoms with van der Waals surface area (Å²) in [7, 11) is 0. The lowest BCUT2D eigenvalue weighted by atomic mass is 10.0. The van der Waals surface area contributed by atoms with Crippen molar-refractivity contribution < 1.29 is 29.1 Å². The van der Waals surface area contributed by atoms with Gasteiger partial charge < -0.3 is 42.5 Å². The molecular weight excluding hydrogens is 586 g/mol. The second-order valence-electron chi connectivity index (χ2n) is 10.4. The number of thiol groups is 1. The molecule has 0 aliphatic carbocycles. The maximum absolute atomic E-state index is 13.9. The summed E-state index contributed by atoms with van der Waals surface area (Å²) in [6.45, 7) is 0. The Balaban J connectivity index is 1.62. The van der Waals surface area contributed by atoms with E-state index >= 15 is 0 Å². The van der Waals surface area contributed by atoms with E-state index < -0.39 is 53.8 Å². The number of H-pyrrole nitrogens is 2. The topological polar surface area (TPSA) is 225 Å². The number of carbonyl (C=O) groups is 5. The average molecular weight is 622 g/mol. The first kappa shape index (κ1) is 32.1. The van der Waals surface area contributed by atoms with Gasteiger partial charge in [-0.15, -0.1) is 0 Å². The number of aromatic nitrogens is 2. The van der Waals surface area contributed by atoms with E-state index in [0.29, 0.717) is 5.56 Å². The number of para-hydroxylation sites is 2. The highest BCUT2D eigenvalue weighted by Gasteiger charge is 2.31. The van der Waals surface area contributed by atoms with Crippen molar-refractivity contribution in [2.24, 2.45) is 11.5 Å². The molecule has 0 saturated heterocycles. The van der Waals surface area contributed by atoms with Crippen LogP contribution in [-0.4, -0.2) is 74.6 Å². The number of hydrogen-bond acceptors (Lipinski definition) is 7. The van der Waals surface area contributed by atoms with Crippen molar-refractivity contribution in [1.82, 2.24) is 25.9 Å². The van der Waals surface area contributed by atoms with Gasteiger partial charge in [0.15, 0.2) is 0 Å². The van der Waals surface area contributed by atoms with Crippen molar-refractivity contribution in [3.63, 3.8) is 0 Å². The molecule has 4 aromatic rings. The van der Waals surface area contributed by atoms with Crippen LogP contribution in [0, 0.1) is 0 Å². The van der Waals surface area contributed by atoms with Crippen LogP contribution in [0.25, 0.3) is 21.8 Å². The average Bonchev–Trinajstić information content (AvgIpc) is 3.61. The van der Waals surface area contributed by atoms with Crippen molar-refractivity contribution in [3.05, 3.63) is 72.1 Å². The van der Waals surface area contributed by atoms with E-state index in [-0.39, 0.29) is 31.4 Å². The van der Waals surface area contributed by atoms with Crippen LogP contribution in [0.15, 0.2) is 60.9 Å². The second kappa shape index (κ2) is 14.6. The summed E-state index contributed by atoms with van der Waals surface area (Å²) in [4.78, 5) is 69.4. The van der Waals surface area contributed by atoms with E-state index in [2.05, 4.69) is 38.5 Å². The highest BCUT2D eigenvalue weighted by Crippen LogP contribution is 2.21. The molecule has 232 valence electrons. The summed E-state index contributed by atoms with van der Waals surface area (Å²) in [6, 6.07) is 10.0. The van der Waals surface area contributed by atoms with E-state index in [4.69, 9.17) is 11.5 Å². The summed E-state index contributed by atoms with van der Waals surface area (Å²) in [5.41, 5.74) is 14.3. The molecule has 0 bridgehead atoms. The summed E-state index contributed by atoms with van der Waals surface area (Å²) >= 11 is 4.02. The van der Waals surface area contributed by atoms with Gasteiger partial charge in [0.25, 0.3) is 0 Å². The number of carboxylic acids is 1. The zero-order valence-electron chi connectivity index (χ0n) is 23.7. The van der Waals surface area contributed by atoms with Crippen LogP contribution in [0.4, 0.5) is 0 Å². The zero-order chi connectivity index (χ0) is 31.8. The Kier molecular flexibility index (Phi) is 10.6. The molecule has 13 nitrogen and oxygen atoms in total. The SMILES string of the molecule is NC(=O)CCC(N)C(=O)NC(Cc1c[nH]c2ccccc12)C(=O)NC(Cc1c[nH]c2ccccc12)C(=O)NC(CS)C(=O)O. The highest BCUT2D eigenvalue weighted by molar-refractivity contribution is 7.80. The maximum atomic E-state index is 13.9. The first-order valence-electron chi connectivity index (χ1n) is 14.0. The fourth-order valence-electron chi connectivity index (χ4n) is 4.90. The molecule has 2 heterocycles. The van der Waals surface area contributed by atoms with Crippen LogP contribution in [0.2, 0.25) is 0 Å². The maximum Gasteiger partial charge on any atom is 0.327 e. The number of carboxylic acid groups (broad SMARTS) is 1. The van der Waals surface area contributed by atoms with Crippen molar-refractivity contribution in [2.75, 3.05) is 5.75 Å². The van der Waals surface area contributed by atoms with Gasteiger partial charge >= 0.3 is 5.97 Å². The molecule has 2 aromatic heterocycles. The van der Waals surface area contributed by atoms with Crippen LogP contribution < -0.4 is 27.4 Å². The highest BCUT2D eigenvalue weighted by atomic mass is 32.1. The smallest absolute Gasteiger partial charge is 0.327 e. The lowest BCUT2D eigenvalue weighted by Gasteiger charge is -2.25. The molecule has 0 aliphatic rings. The Bertz CT molecular complexity index is 1670. The molecule has 0 spiro atoms. The molecule has 0 radical (unpaired) electrons. The van der Waals surface area contributed by atoms with Crippen molar-refractivity contribution in [3.8, 4) is 0 Å². The lowest BCUT2D eigenvalue weighted by Crippen LogP contribution is -2.58. The first-order valence-corrected chi connectivity index (χ1v) is 14.6. The van der Waals surface area contributed by atoms with Crippen LogP contribution in [-0.2, 0) is 36.8 Å². The van der Waals surface area contributed by atoms with E-state index in [1.165, 1.54) is 0 Å². The van der Waals surface area contributed by atoms with E-state index in [1.54, 1.807) is 12.4 Å². The number of aliphatic carboxylic acids is 1. The van der Waals surface area contributed by atoms with Crippen molar-refractivity contribution >= 4 is 64.0 Å². The number of hydrogen-bond donors (Lipinski definition) is 9. The molecule has 10 N–H and O–H groups in total. The molecule has 2 aromatic carbocycles. The summed E-state index contributed by atoms with van der Waals surface area (Å²) < 4.78 is 0. The number of benzene rings is 2. The van der Waals surface area contributed by atoms with Gasteiger partial charge in [0, 0.05) is 59.2 Å².